The van der Waals surface area contributed by atoms with Gasteiger partial charge in [0.2, 0.25) is 0 Å². The number of alkyl halides is 3. The predicted octanol–water partition coefficient (Wildman–Crippen LogP) is 4.13. The monoisotopic (exact) mass is 356 g/mol. The van der Waals surface area contributed by atoms with Crippen LogP contribution in [0, 0.1) is 20.2 Å². The maximum absolute atomic E-state index is 12.8. The van der Waals surface area contributed by atoms with E-state index < -0.39 is 38.7 Å². The fourth-order valence-corrected chi connectivity index (χ4v) is 1.91. The van der Waals surface area contributed by atoms with Gasteiger partial charge in [-0.1, -0.05) is 12.1 Å². The first-order valence-electron chi connectivity index (χ1n) is 6.40. The molecule has 2 aromatic rings. The summed E-state index contributed by atoms with van der Waals surface area (Å²) >= 11 is 0. The maximum Gasteiger partial charge on any atom is 0.416 e. The number of nitrogens with zero attached hydrogens (tertiary/aromatic N) is 2. The molecule has 0 aliphatic carbocycles. The van der Waals surface area contributed by atoms with Crippen molar-refractivity contribution in [2.45, 2.75) is 6.18 Å². The van der Waals surface area contributed by atoms with Gasteiger partial charge in [-0.3, -0.25) is 25.0 Å². The number of carbonyl (C=O) groups excluding carboxylic acids is 1. The first-order valence-corrected chi connectivity index (χ1v) is 6.40. The largest absolute Gasteiger partial charge is 0.444 e. The highest BCUT2D eigenvalue weighted by molar-refractivity contribution is 5.75. The van der Waals surface area contributed by atoms with Crippen LogP contribution < -0.4 is 4.74 Å². The zero-order valence-electron chi connectivity index (χ0n) is 12.0. The van der Waals surface area contributed by atoms with Crippen LogP contribution in [0.4, 0.5) is 24.5 Å². The maximum atomic E-state index is 12.8. The zero-order chi connectivity index (χ0) is 18.8. The number of hydrogen-bond acceptors (Lipinski definition) is 6. The lowest BCUT2D eigenvalue weighted by molar-refractivity contribution is -0.396. The van der Waals surface area contributed by atoms with Gasteiger partial charge in [0, 0.05) is 17.7 Å². The zero-order valence-corrected chi connectivity index (χ0v) is 12.0. The van der Waals surface area contributed by atoms with E-state index in [1.165, 1.54) is 18.2 Å². The molecule has 130 valence electrons. The van der Waals surface area contributed by atoms with E-state index in [2.05, 4.69) is 0 Å². The van der Waals surface area contributed by atoms with Gasteiger partial charge in [-0.25, -0.2) is 0 Å². The lowest BCUT2D eigenvalue weighted by atomic mass is 10.1. The van der Waals surface area contributed by atoms with Crippen molar-refractivity contribution in [3.05, 3.63) is 67.8 Å². The van der Waals surface area contributed by atoms with E-state index in [4.69, 9.17) is 4.74 Å². The van der Waals surface area contributed by atoms with Crippen molar-refractivity contribution in [2.75, 3.05) is 0 Å². The van der Waals surface area contributed by atoms with Gasteiger partial charge < -0.3 is 4.74 Å². The molecule has 11 heteroatoms. The molecule has 0 aliphatic heterocycles. The van der Waals surface area contributed by atoms with Crippen molar-refractivity contribution in [1.29, 1.82) is 0 Å². The van der Waals surface area contributed by atoms with Crippen LogP contribution in [0.3, 0.4) is 0 Å². The van der Waals surface area contributed by atoms with Crippen molar-refractivity contribution < 1.29 is 32.5 Å². The molecule has 0 spiro atoms. The van der Waals surface area contributed by atoms with E-state index in [1.54, 1.807) is 0 Å². The molecule has 0 heterocycles. The average Bonchev–Trinajstić information content (AvgIpc) is 2.53. The van der Waals surface area contributed by atoms with Crippen LogP contribution >= 0.6 is 0 Å². The van der Waals surface area contributed by atoms with E-state index in [0.717, 1.165) is 6.07 Å². The molecule has 2 aromatic carbocycles. The summed E-state index contributed by atoms with van der Waals surface area (Å²) in [5.74, 6) is -1.15. The van der Waals surface area contributed by atoms with Crippen molar-refractivity contribution in [2.24, 2.45) is 0 Å². The van der Waals surface area contributed by atoms with Gasteiger partial charge in [0.25, 0.3) is 5.75 Å². The first-order chi connectivity index (χ1) is 11.6. The molecule has 0 N–H and O–H groups in total. The number of benzene rings is 2. The summed E-state index contributed by atoms with van der Waals surface area (Å²) in [7, 11) is 0. The van der Waals surface area contributed by atoms with Crippen LogP contribution in [0.5, 0.6) is 11.5 Å². The van der Waals surface area contributed by atoms with Gasteiger partial charge in [0.1, 0.15) is 12.0 Å². The van der Waals surface area contributed by atoms with E-state index >= 15 is 0 Å². The molecule has 0 amide bonds. The topological polar surface area (TPSA) is 113 Å². The Labute approximate surface area is 136 Å². The predicted molar refractivity (Wildman–Crippen MR) is 76.7 cm³/mol. The molecule has 8 nitrogen and oxygen atoms in total. The van der Waals surface area contributed by atoms with Crippen LogP contribution in [-0.4, -0.2) is 16.1 Å². The Morgan fingerprint density at radius 3 is 2.00 bits per heavy atom. The van der Waals surface area contributed by atoms with E-state index in [0.29, 0.717) is 6.29 Å². The van der Waals surface area contributed by atoms with E-state index in [9.17, 15) is 38.2 Å². The summed E-state index contributed by atoms with van der Waals surface area (Å²) < 4.78 is 43.5. The van der Waals surface area contributed by atoms with Crippen LogP contribution in [0.15, 0.2) is 36.4 Å². The second-order valence-corrected chi connectivity index (χ2v) is 4.65. The van der Waals surface area contributed by atoms with Crippen molar-refractivity contribution in [3.8, 4) is 11.5 Å². The number of nitro benzene ring substituents is 2. The number of rotatable bonds is 5. The second kappa shape index (κ2) is 6.55. The Kier molecular flexibility index (Phi) is 4.68. The molecule has 0 bridgehead atoms. The second-order valence-electron chi connectivity index (χ2n) is 4.65. The molecule has 0 saturated heterocycles. The summed E-state index contributed by atoms with van der Waals surface area (Å²) in [6.07, 6.45) is -4.59. The Morgan fingerprint density at radius 1 is 1.00 bits per heavy atom. The lowest BCUT2D eigenvalue weighted by Crippen LogP contribution is -2.08. The number of halogens is 3. The Balaban J connectivity index is 2.67. The third-order valence-corrected chi connectivity index (χ3v) is 2.98. The fraction of sp³-hybridized carbons (Fsp3) is 0.0714. The van der Waals surface area contributed by atoms with Gasteiger partial charge >= 0.3 is 17.6 Å². The molecular weight excluding hydrogens is 349 g/mol. The minimum Gasteiger partial charge on any atom is -0.444 e. The highest BCUT2D eigenvalue weighted by Crippen LogP contribution is 2.44. The van der Waals surface area contributed by atoms with Crippen LogP contribution in [0.25, 0.3) is 0 Å². The number of aldehydes is 1. The number of carbonyl (C=O) groups is 1. The van der Waals surface area contributed by atoms with Crippen molar-refractivity contribution >= 4 is 17.7 Å². The molecule has 0 unspecified atom stereocenters. The summed E-state index contributed by atoms with van der Waals surface area (Å²) in [6, 6.07) is 5.35. The van der Waals surface area contributed by atoms with E-state index in [1.807, 2.05) is 0 Å². The van der Waals surface area contributed by atoms with Gasteiger partial charge in [-0.05, 0) is 12.1 Å². The third kappa shape index (κ3) is 3.88. The highest BCUT2D eigenvalue weighted by atomic mass is 19.4. The Bertz CT molecular complexity index is 831. The normalized spacial score (nSPS) is 11.0. The lowest BCUT2D eigenvalue weighted by Gasteiger charge is -2.11. The summed E-state index contributed by atoms with van der Waals surface area (Å²) in [5, 5.41) is 22.1. The van der Waals surface area contributed by atoms with Gasteiger partial charge in [0.15, 0.2) is 0 Å². The highest BCUT2D eigenvalue weighted by Gasteiger charge is 2.38. The summed E-state index contributed by atoms with van der Waals surface area (Å²) in [4.78, 5) is 30.4. The number of hydrogen-bond donors (Lipinski definition) is 0. The van der Waals surface area contributed by atoms with Crippen LogP contribution in [0.2, 0.25) is 0 Å². The molecule has 0 fully saturated rings. The first kappa shape index (κ1) is 17.8. The summed E-state index contributed by atoms with van der Waals surface area (Å²) in [5.41, 5.74) is -3.90. The van der Waals surface area contributed by atoms with Gasteiger partial charge in [-0.2, -0.15) is 13.2 Å². The standard InChI is InChI=1S/C14H7F3N2O6/c15-14(16,17)9-5-11(18(21)22)13(12(6-9)19(23)24)25-10-3-1-2-8(4-10)7-20/h1-7H. The van der Waals surface area contributed by atoms with Crippen LogP contribution in [0.1, 0.15) is 15.9 Å². The molecule has 0 saturated carbocycles. The minimum atomic E-state index is -5.02. The molecular formula is C14H7F3N2O6. The number of ether oxygens (including phenoxy) is 1. The molecule has 2 rings (SSSR count). The molecule has 0 atom stereocenters. The van der Waals surface area contributed by atoms with Crippen molar-refractivity contribution in [1.82, 2.24) is 0 Å². The minimum absolute atomic E-state index is 0.106. The Morgan fingerprint density at radius 2 is 1.56 bits per heavy atom. The van der Waals surface area contributed by atoms with Crippen molar-refractivity contribution in [3.63, 3.8) is 0 Å². The molecule has 0 aliphatic rings. The van der Waals surface area contributed by atoms with Gasteiger partial charge in [0.05, 0.1) is 15.4 Å². The van der Waals surface area contributed by atoms with Gasteiger partial charge in [-0.15, -0.1) is 0 Å². The Hall–Kier alpha value is -3.50. The van der Waals surface area contributed by atoms with E-state index in [-0.39, 0.29) is 23.4 Å². The van der Waals surface area contributed by atoms with Crippen LogP contribution in [-0.2, 0) is 6.18 Å². The molecule has 0 aromatic heterocycles. The smallest absolute Gasteiger partial charge is 0.416 e. The number of nitro groups is 2. The average molecular weight is 356 g/mol. The third-order valence-electron chi connectivity index (χ3n) is 2.98. The fourth-order valence-electron chi connectivity index (χ4n) is 1.91. The SMILES string of the molecule is O=Cc1cccc(Oc2c([N+](=O)[O-])cc(C(F)(F)F)cc2[N+](=O)[O-])c1. The quantitative estimate of drug-likeness (QED) is 0.452. The molecule has 25 heavy (non-hydrogen) atoms. The summed E-state index contributed by atoms with van der Waals surface area (Å²) in [6.45, 7) is 0. The molecule has 0 radical (unpaired) electrons.